The number of rotatable bonds is 8. The second kappa shape index (κ2) is 7.59. The van der Waals surface area contributed by atoms with E-state index in [9.17, 15) is 10.1 Å². The van der Waals surface area contributed by atoms with Gasteiger partial charge in [0.05, 0.1) is 11.5 Å². The van der Waals surface area contributed by atoms with Gasteiger partial charge < -0.3 is 14.9 Å². The Labute approximate surface area is 104 Å². The summed E-state index contributed by atoms with van der Waals surface area (Å²) in [4.78, 5) is 10.1. The van der Waals surface area contributed by atoms with Crippen LogP contribution in [0.3, 0.4) is 0 Å². The zero-order valence-electron chi connectivity index (χ0n) is 9.83. The molecule has 0 aliphatic carbocycles. The first kappa shape index (κ1) is 14.4. The molecule has 18 heavy (non-hydrogen) atoms. The molecule has 0 aliphatic heterocycles. The molecular weight excluding hydrogens is 240 g/mol. The van der Waals surface area contributed by atoms with Gasteiger partial charge in [-0.2, -0.15) is 0 Å². The Bertz CT molecular complexity index is 397. The Kier molecular flexibility index (Phi) is 6.06. The molecule has 0 amide bonds. The standard InChI is InChI=1S/C11H16N2O5/c14-5-3-9-7-10(13(16)17)1-2-11(9)18-8-12-4-6-15/h1-2,7,12,14-15H,3-6,8H2. The number of aliphatic hydroxyl groups excluding tert-OH is 2. The van der Waals surface area contributed by atoms with E-state index in [-0.39, 0.29) is 32.1 Å². The highest BCUT2D eigenvalue weighted by atomic mass is 16.6. The van der Waals surface area contributed by atoms with Crippen LogP contribution in [0.25, 0.3) is 0 Å². The number of ether oxygens (including phenoxy) is 1. The molecule has 0 saturated carbocycles. The van der Waals surface area contributed by atoms with Crippen LogP contribution in [0.15, 0.2) is 18.2 Å². The molecule has 1 aromatic carbocycles. The smallest absolute Gasteiger partial charge is 0.269 e. The van der Waals surface area contributed by atoms with Crippen LogP contribution in [0.1, 0.15) is 5.56 Å². The average molecular weight is 256 g/mol. The van der Waals surface area contributed by atoms with E-state index >= 15 is 0 Å². The number of nitrogens with zero attached hydrogens (tertiary/aromatic N) is 1. The van der Waals surface area contributed by atoms with Crippen LogP contribution in [-0.2, 0) is 6.42 Å². The normalized spacial score (nSPS) is 10.3. The lowest BCUT2D eigenvalue weighted by Gasteiger charge is -2.11. The van der Waals surface area contributed by atoms with E-state index in [1.807, 2.05) is 0 Å². The van der Waals surface area contributed by atoms with Crippen LogP contribution in [-0.4, -0.2) is 41.6 Å². The number of nitro groups is 1. The number of nitro benzene ring substituents is 1. The zero-order valence-corrected chi connectivity index (χ0v) is 9.83. The van der Waals surface area contributed by atoms with Crippen LogP contribution >= 0.6 is 0 Å². The molecule has 1 rings (SSSR count). The Hall–Kier alpha value is -1.70. The van der Waals surface area contributed by atoms with Crippen molar-refractivity contribution >= 4 is 5.69 Å². The van der Waals surface area contributed by atoms with Crippen molar-refractivity contribution in [3.8, 4) is 5.75 Å². The fraction of sp³-hybridized carbons (Fsp3) is 0.455. The molecule has 0 fully saturated rings. The number of benzene rings is 1. The van der Waals surface area contributed by atoms with Gasteiger partial charge in [0, 0.05) is 30.8 Å². The lowest BCUT2D eigenvalue weighted by molar-refractivity contribution is -0.384. The third kappa shape index (κ3) is 4.28. The van der Waals surface area contributed by atoms with E-state index in [4.69, 9.17) is 14.9 Å². The SMILES string of the molecule is O=[N+]([O-])c1ccc(OCNCCO)c(CCO)c1. The molecule has 0 saturated heterocycles. The van der Waals surface area contributed by atoms with Gasteiger partial charge in [-0.3, -0.25) is 15.4 Å². The second-order valence-electron chi connectivity index (χ2n) is 3.54. The van der Waals surface area contributed by atoms with Crippen molar-refractivity contribution in [1.82, 2.24) is 5.32 Å². The van der Waals surface area contributed by atoms with Gasteiger partial charge >= 0.3 is 0 Å². The van der Waals surface area contributed by atoms with Gasteiger partial charge in [0.1, 0.15) is 12.5 Å². The van der Waals surface area contributed by atoms with E-state index in [2.05, 4.69) is 5.32 Å². The fourth-order valence-electron chi connectivity index (χ4n) is 1.42. The van der Waals surface area contributed by atoms with E-state index in [1.165, 1.54) is 18.2 Å². The van der Waals surface area contributed by atoms with Gasteiger partial charge in [-0.15, -0.1) is 0 Å². The van der Waals surface area contributed by atoms with Crippen molar-refractivity contribution < 1.29 is 19.9 Å². The highest BCUT2D eigenvalue weighted by Gasteiger charge is 2.11. The minimum atomic E-state index is -0.491. The van der Waals surface area contributed by atoms with Gasteiger partial charge in [-0.05, 0) is 12.5 Å². The zero-order chi connectivity index (χ0) is 13.4. The molecule has 3 N–H and O–H groups in total. The quantitative estimate of drug-likeness (QED) is 0.263. The first-order valence-electron chi connectivity index (χ1n) is 5.51. The topological polar surface area (TPSA) is 105 Å². The summed E-state index contributed by atoms with van der Waals surface area (Å²) in [6.45, 7) is 0.494. The number of hydrogen-bond acceptors (Lipinski definition) is 6. The van der Waals surface area contributed by atoms with Crippen molar-refractivity contribution in [3.05, 3.63) is 33.9 Å². The molecule has 7 nitrogen and oxygen atoms in total. The van der Waals surface area contributed by atoms with Crippen molar-refractivity contribution in [2.24, 2.45) is 0 Å². The van der Waals surface area contributed by atoms with Crippen molar-refractivity contribution in [2.45, 2.75) is 6.42 Å². The van der Waals surface area contributed by atoms with Gasteiger partial charge in [0.15, 0.2) is 0 Å². The maximum atomic E-state index is 10.6. The highest BCUT2D eigenvalue weighted by molar-refractivity contribution is 5.43. The maximum Gasteiger partial charge on any atom is 0.269 e. The van der Waals surface area contributed by atoms with Crippen LogP contribution in [0.2, 0.25) is 0 Å². The van der Waals surface area contributed by atoms with Gasteiger partial charge in [-0.25, -0.2) is 0 Å². The Morgan fingerprint density at radius 3 is 2.72 bits per heavy atom. The molecule has 7 heteroatoms. The number of aliphatic hydroxyl groups is 2. The Balaban J connectivity index is 2.73. The molecular formula is C11H16N2O5. The van der Waals surface area contributed by atoms with E-state index in [0.717, 1.165) is 0 Å². The molecule has 0 spiro atoms. The summed E-state index contributed by atoms with van der Waals surface area (Å²) < 4.78 is 5.37. The van der Waals surface area contributed by atoms with Gasteiger partial charge in [0.2, 0.25) is 0 Å². The minimum absolute atomic E-state index is 0.00706. The first-order chi connectivity index (χ1) is 8.69. The minimum Gasteiger partial charge on any atom is -0.478 e. The maximum absolute atomic E-state index is 10.6. The van der Waals surface area contributed by atoms with Gasteiger partial charge in [-0.1, -0.05) is 0 Å². The summed E-state index contributed by atoms with van der Waals surface area (Å²) in [5.74, 6) is 0.486. The van der Waals surface area contributed by atoms with Crippen LogP contribution in [0.4, 0.5) is 5.69 Å². The summed E-state index contributed by atoms with van der Waals surface area (Å²) in [5, 5.41) is 30.9. The summed E-state index contributed by atoms with van der Waals surface area (Å²) in [6.07, 6.45) is 0.289. The van der Waals surface area contributed by atoms with Gasteiger partial charge in [0.25, 0.3) is 5.69 Å². The van der Waals surface area contributed by atoms with Crippen LogP contribution in [0, 0.1) is 10.1 Å². The van der Waals surface area contributed by atoms with E-state index in [0.29, 0.717) is 17.9 Å². The number of nitrogens with one attached hydrogen (secondary N) is 1. The largest absolute Gasteiger partial charge is 0.478 e. The summed E-state index contributed by atoms with van der Waals surface area (Å²) in [7, 11) is 0. The molecule has 100 valence electrons. The molecule has 0 heterocycles. The molecule has 0 bridgehead atoms. The monoisotopic (exact) mass is 256 g/mol. The second-order valence-corrected chi connectivity index (χ2v) is 3.54. The van der Waals surface area contributed by atoms with Crippen molar-refractivity contribution in [1.29, 1.82) is 0 Å². The third-order valence-corrected chi connectivity index (χ3v) is 2.25. The molecule has 0 atom stereocenters. The highest BCUT2D eigenvalue weighted by Crippen LogP contribution is 2.24. The van der Waals surface area contributed by atoms with Crippen LogP contribution in [0.5, 0.6) is 5.75 Å². The molecule has 0 unspecified atom stereocenters. The molecule has 0 radical (unpaired) electrons. The third-order valence-electron chi connectivity index (χ3n) is 2.25. The number of non-ortho nitro benzene ring substituents is 1. The summed E-state index contributed by atoms with van der Waals surface area (Å²) in [5.41, 5.74) is 0.548. The first-order valence-corrected chi connectivity index (χ1v) is 5.51. The Morgan fingerprint density at radius 1 is 1.33 bits per heavy atom. The van der Waals surface area contributed by atoms with Crippen molar-refractivity contribution in [2.75, 3.05) is 26.5 Å². The fourth-order valence-corrected chi connectivity index (χ4v) is 1.42. The number of hydrogen-bond donors (Lipinski definition) is 3. The van der Waals surface area contributed by atoms with E-state index in [1.54, 1.807) is 0 Å². The molecule has 1 aromatic rings. The summed E-state index contributed by atoms with van der Waals surface area (Å²) in [6, 6.07) is 4.24. The van der Waals surface area contributed by atoms with Crippen LogP contribution < -0.4 is 10.1 Å². The van der Waals surface area contributed by atoms with E-state index < -0.39 is 4.92 Å². The molecule has 0 aromatic heterocycles. The molecule has 0 aliphatic rings. The lowest BCUT2D eigenvalue weighted by Crippen LogP contribution is -2.23. The summed E-state index contributed by atoms with van der Waals surface area (Å²) >= 11 is 0. The lowest BCUT2D eigenvalue weighted by atomic mass is 10.1. The van der Waals surface area contributed by atoms with Crippen molar-refractivity contribution in [3.63, 3.8) is 0 Å². The Morgan fingerprint density at radius 2 is 2.11 bits per heavy atom. The average Bonchev–Trinajstić information content (AvgIpc) is 2.36. The predicted molar refractivity (Wildman–Crippen MR) is 64.5 cm³/mol. The predicted octanol–water partition coefficient (Wildman–Crippen LogP) is 0.0478.